The minimum absolute atomic E-state index is 0.200. The Bertz CT molecular complexity index is 1320. The summed E-state index contributed by atoms with van der Waals surface area (Å²) in [5, 5.41) is 17.7. The van der Waals surface area contributed by atoms with Gasteiger partial charge in [-0.1, -0.05) is 18.2 Å². The number of H-pyrrole nitrogens is 1. The van der Waals surface area contributed by atoms with Gasteiger partial charge in [-0.25, -0.2) is 9.59 Å². The molecule has 3 amide bonds. The third-order valence-corrected chi connectivity index (χ3v) is 5.65. The number of fused-ring (bicyclic) bond motifs is 1. The number of aromatic nitrogens is 1. The summed E-state index contributed by atoms with van der Waals surface area (Å²) in [5.41, 5.74) is 4.92. The van der Waals surface area contributed by atoms with E-state index in [9.17, 15) is 19.5 Å². The first-order chi connectivity index (χ1) is 16.3. The SMILES string of the molecule is COc1ccc(CNC(=O)Nc2ccc3c(c2)NC(=O)/C3=C\c2[nH]c(C)c(C(=O)O)c2C)cc1. The Hall–Kier alpha value is -4.53. The fourth-order valence-corrected chi connectivity index (χ4v) is 3.90. The molecule has 0 radical (unpaired) electrons. The molecule has 0 atom stereocenters. The van der Waals surface area contributed by atoms with Crippen molar-refractivity contribution in [1.82, 2.24) is 10.3 Å². The Balaban J connectivity index is 1.47. The lowest BCUT2D eigenvalue weighted by atomic mass is 10.0. The molecule has 4 rings (SSSR count). The van der Waals surface area contributed by atoms with E-state index in [0.29, 0.717) is 46.0 Å². The maximum Gasteiger partial charge on any atom is 0.337 e. The highest BCUT2D eigenvalue weighted by molar-refractivity contribution is 6.35. The van der Waals surface area contributed by atoms with E-state index in [2.05, 4.69) is 20.9 Å². The summed E-state index contributed by atoms with van der Waals surface area (Å²) in [5.74, 6) is -0.585. The zero-order chi connectivity index (χ0) is 24.4. The molecule has 5 N–H and O–H groups in total. The van der Waals surface area contributed by atoms with E-state index >= 15 is 0 Å². The molecule has 3 aromatic rings. The zero-order valence-corrected chi connectivity index (χ0v) is 18.9. The maximum atomic E-state index is 12.6. The molecule has 174 valence electrons. The molecule has 34 heavy (non-hydrogen) atoms. The van der Waals surface area contributed by atoms with Gasteiger partial charge >= 0.3 is 12.0 Å². The molecular weight excluding hydrogens is 436 g/mol. The standard InChI is InChI=1S/C25H24N4O5/c1-13-20(27-14(2)22(13)24(31)32)11-19-18-9-6-16(10-21(18)29-23(19)30)28-25(33)26-12-15-4-7-17(34-3)8-5-15/h4-11,27H,12H2,1-3H3,(H,29,30)(H,31,32)(H2,26,28,33)/b19-11-. The average Bonchev–Trinajstić information content (AvgIpc) is 3.27. The largest absolute Gasteiger partial charge is 0.497 e. The predicted octanol–water partition coefficient (Wildman–Crippen LogP) is 4.15. The lowest BCUT2D eigenvalue weighted by Gasteiger charge is -2.09. The van der Waals surface area contributed by atoms with Crippen LogP contribution in [0, 0.1) is 13.8 Å². The molecule has 0 unspecified atom stereocenters. The molecule has 2 aromatic carbocycles. The molecular formula is C25H24N4O5. The molecule has 0 bridgehead atoms. The Morgan fingerprint density at radius 2 is 1.85 bits per heavy atom. The number of rotatable bonds is 6. The van der Waals surface area contributed by atoms with Crippen molar-refractivity contribution in [3.8, 4) is 5.75 Å². The summed E-state index contributed by atoms with van der Waals surface area (Å²) in [6.07, 6.45) is 1.64. The molecule has 9 heteroatoms. The third kappa shape index (κ3) is 4.49. The Morgan fingerprint density at radius 1 is 1.12 bits per heavy atom. The number of methoxy groups -OCH3 is 1. The van der Waals surface area contributed by atoms with E-state index in [-0.39, 0.29) is 17.5 Å². The van der Waals surface area contributed by atoms with Crippen LogP contribution in [0.15, 0.2) is 42.5 Å². The van der Waals surface area contributed by atoms with E-state index < -0.39 is 5.97 Å². The van der Waals surface area contributed by atoms with Crippen molar-refractivity contribution >= 4 is 40.9 Å². The summed E-state index contributed by atoms with van der Waals surface area (Å²) in [6, 6.07) is 12.1. The van der Waals surface area contributed by atoms with Crippen molar-refractivity contribution in [3.05, 3.63) is 76.1 Å². The number of carbonyl (C=O) groups is 3. The van der Waals surface area contributed by atoms with Crippen molar-refractivity contribution in [2.24, 2.45) is 0 Å². The van der Waals surface area contributed by atoms with E-state index in [1.54, 1.807) is 45.2 Å². The molecule has 0 saturated heterocycles. The number of hydrogen-bond acceptors (Lipinski definition) is 4. The number of aromatic carboxylic acids is 1. The van der Waals surface area contributed by atoms with Crippen LogP contribution in [0.4, 0.5) is 16.2 Å². The van der Waals surface area contributed by atoms with Gasteiger partial charge in [0.1, 0.15) is 5.75 Å². The molecule has 1 aromatic heterocycles. The fraction of sp³-hybridized carbons (Fsp3) is 0.160. The zero-order valence-electron chi connectivity index (χ0n) is 18.9. The van der Waals surface area contributed by atoms with Crippen LogP contribution in [0.3, 0.4) is 0 Å². The number of benzene rings is 2. The third-order valence-electron chi connectivity index (χ3n) is 5.65. The number of ether oxygens (including phenoxy) is 1. The minimum Gasteiger partial charge on any atom is -0.497 e. The predicted molar refractivity (Wildman–Crippen MR) is 129 cm³/mol. The summed E-state index contributed by atoms with van der Waals surface area (Å²) in [4.78, 5) is 39.4. The summed E-state index contributed by atoms with van der Waals surface area (Å²) in [7, 11) is 1.59. The van der Waals surface area contributed by atoms with E-state index in [4.69, 9.17) is 4.74 Å². The second-order valence-corrected chi connectivity index (χ2v) is 7.90. The number of carboxylic acid groups (broad SMARTS) is 1. The number of carboxylic acids is 1. The number of nitrogens with one attached hydrogen (secondary N) is 4. The monoisotopic (exact) mass is 460 g/mol. The smallest absolute Gasteiger partial charge is 0.337 e. The van der Waals surface area contributed by atoms with Gasteiger partial charge in [-0.05, 0) is 55.3 Å². The molecule has 9 nitrogen and oxygen atoms in total. The quantitative estimate of drug-likeness (QED) is 0.353. The number of aryl methyl sites for hydroxylation is 1. The topological polar surface area (TPSA) is 133 Å². The van der Waals surface area contributed by atoms with E-state index in [1.165, 1.54) is 0 Å². The summed E-state index contributed by atoms with van der Waals surface area (Å²) in [6.45, 7) is 3.72. The Kier molecular flexibility index (Phi) is 6.09. The van der Waals surface area contributed by atoms with Crippen LogP contribution in [-0.2, 0) is 11.3 Å². The van der Waals surface area contributed by atoms with Crippen molar-refractivity contribution < 1.29 is 24.2 Å². The van der Waals surface area contributed by atoms with Crippen molar-refractivity contribution in [3.63, 3.8) is 0 Å². The van der Waals surface area contributed by atoms with Gasteiger partial charge in [0.2, 0.25) is 0 Å². The summed E-state index contributed by atoms with van der Waals surface area (Å²) < 4.78 is 5.12. The first-order valence-corrected chi connectivity index (χ1v) is 10.5. The van der Waals surface area contributed by atoms with Gasteiger partial charge in [-0.15, -0.1) is 0 Å². The fourth-order valence-electron chi connectivity index (χ4n) is 3.90. The lowest BCUT2D eigenvalue weighted by molar-refractivity contribution is -0.110. The van der Waals surface area contributed by atoms with Gasteiger partial charge < -0.3 is 30.8 Å². The molecule has 0 saturated carbocycles. The molecule has 1 aliphatic rings. The second kappa shape index (κ2) is 9.14. The van der Waals surface area contributed by atoms with E-state index in [1.807, 2.05) is 24.3 Å². The Morgan fingerprint density at radius 3 is 2.50 bits per heavy atom. The van der Waals surface area contributed by atoms with Gasteiger partial charge in [0, 0.05) is 29.2 Å². The van der Waals surface area contributed by atoms with Gasteiger partial charge in [-0.2, -0.15) is 0 Å². The van der Waals surface area contributed by atoms with Crippen LogP contribution in [0.1, 0.15) is 38.4 Å². The average molecular weight is 460 g/mol. The van der Waals surface area contributed by atoms with Gasteiger partial charge in [0.05, 0.1) is 23.9 Å². The molecule has 1 aliphatic heterocycles. The second-order valence-electron chi connectivity index (χ2n) is 7.90. The molecule has 0 spiro atoms. The molecule has 2 heterocycles. The molecule has 0 fully saturated rings. The van der Waals surface area contributed by atoms with Gasteiger partial charge in [0.15, 0.2) is 0 Å². The van der Waals surface area contributed by atoms with Crippen LogP contribution in [0.5, 0.6) is 5.75 Å². The number of amides is 3. The number of anilines is 2. The number of carbonyl (C=O) groups excluding carboxylic acids is 2. The molecule has 0 aliphatic carbocycles. The van der Waals surface area contributed by atoms with Crippen LogP contribution >= 0.6 is 0 Å². The van der Waals surface area contributed by atoms with E-state index in [0.717, 1.165) is 11.3 Å². The maximum absolute atomic E-state index is 12.6. The first-order valence-electron chi connectivity index (χ1n) is 10.5. The normalized spacial score (nSPS) is 13.4. The van der Waals surface area contributed by atoms with Crippen LogP contribution < -0.4 is 20.7 Å². The van der Waals surface area contributed by atoms with Crippen molar-refractivity contribution in [2.75, 3.05) is 17.7 Å². The van der Waals surface area contributed by atoms with Crippen LogP contribution in [0.25, 0.3) is 11.6 Å². The van der Waals surface area contributed by atoms with Crippen LogP contribution in [0.2, 0.25) is 0 Å². The minimum atomic E-state index is -1.02. The van der Waals surface area contributed by atoms with Gasteiger partial charge in [0.25, 0.3) is 5.91 Å². The van der Waals surface area contributed by atoms with Crippen molar-refractivity contribution in [2.45, 2.75) is 20.4 Å². The number of hydrogen-bond donors (Lipinski definition) is 5. The highest BCUT2D eigenvalue weighted by Gasteiger charge is 2.26. The first kappa shape index (κ1) is 22.7. The number of urea groups is 1. The van der Waals surface area contributed by atoms with Crippen molar-refractivity contribution in [1.29, 1.82) is 0 Å². The Labute approximate surface area is 195 Å². The summed E-state index contributed by atoms with van der Waals surface area (Å²) >= 11 is 0. The number of aromatic amines is 1. The van der Waals surface area contributed by atoms with Crippen LogP contribution in [-0.4, -0.2) is 35.1 Å². The highest BCUT2D eigenvalue weighted by Crippen LogP contribution is 2.35. The highest BCUT2D eigenvalue weighted by atomic mass is 16.5. The lowest BCUT2D eigenvalue weighted by Crippen LogP contribution is -2.28. The van der Waals surface area contributed by atoms with Gasteiger partial charge in [-0.3, -0.25) is 4.79 Å².